The first-order valence-corrected chi connectivity index (χ1v) is 12.6. The van der Waals surface area contributed by atoms with Crippen LogP contribution in [0.2, 0.25) is 0 Å². The molecule has 0 N–H and O–H groups in total. The Morgan fingerprint density at radius 1 is 0.350 bits per heavy atom. The zero-order chi connectivity index (χ0) is 39.5. The lowest BCUT2D eigenvalue weighted by molar-refractivity contribution is 1.63. The van der Waals surface area contributed by atoms with Gasteiger partial charge in [-0.15, -0.1) is 0 Å². The largest absolute Gasteiger partial charge is 0.0629 e. The summed E-state index contributed by atoms with van der Waals surface area (Å²) in [6, 6.07) is 10.9. The van der Waals surface area contributed by atoms with Crippen LogP contribution in [0.4, 0.5) is 0 Å². The van der Waals surface area contributed by atoms with Crippen LogP contribution in [0, 0.1) is 0 Å². The third kappa shape index (κ3) is 3.61. The molecular formula is C40H26. The van der Waals surface area contributed by atoms with Crippen LogP contribution in [0.15, 0.2) is 157 Å². The molecule has 0 saturated carbocycles. The minimum atomic E-state index is -0.746. The van der Waals surface area contributed by atoms with Crippen molar-refractivity contribution in [3.8, 4) is 33.4 Å². The van der Waals surface area contributed by atoms with E-state index in [-0.39, 0.29) is 32.7 Å². The maximum Gasteiger partial charge on any atom is 0.0629 e. The van der Waals surface area contributed by atoms with E-state index in [1.54, 1.807) is 24.3 Å². The maximum atomic E-state index is 9.25. The smallest absolute Gasteiger partial charge is 0.0616 e. The Bertz CT molecular complexity index is 2940. The van der Waals surface area contributed by atoms with Gasteiger partial charge in [0.2, 0.25) is 0 Å². The van der Waals surface area contributed by atoms with Crippen molar-refractivity contribution in [2.24, 2.45) is 0 Å². The molecule has 0 aromatic heterocycles. The number of rotatable bonds is 3. The molecule has 0 heterocycles. The average Bonchev–Trinajstić information content (AvgIpc) is 3.19. The zero-order valence-corrected chi connectivity index (χ0v) is 20.9. The Hall–Kier alpha value is -5.20. The summed E-state index contributed by atoms with van der Waals surface area (Å²) in [5, 5.41) is 0.374. The Labute approximate surface area is 254 Å². The Balaban J connectivity index is 1.61. The van der Waals surface area contributed by atoms with E-state index < -0.39 is 107 Å². The lowest BCUT2D eigenvalue weighted by atomic mass is 9.84. The highest BCUT2D eigenvalue weighted by atomic mass is 14.2. The minimum Gasteiger partial charge on any atom is -0.0616 e. The fourth-order valence-corrected chi connectivity index (χ4v) is 5.36. The fraction of sp³-hybridized carbons (Fsp3) is 0. The monoisotopic (exact) mass is 521 g/mol. The van der Waals surface area contributed by atoms with Crippen molar-refractivity contribution in [3.63, 3.8) is 0 Å². The summed E-state index contributed by atoms with van der Waals surface area (Å²) < 4.78 is 133. The Morgan fingerprint density at radius 2 is 0.875 bits per heavy atom. The van der Waals surface area contributed by atoms with Gasteiger partial charge in [-0.3, -0.25) is 0 Å². The van der Waals surface area contributed by atoms with Gasteiger partial charge in [-0.25, -0.2) is 0 Å². The van der Waals surface area contributed by atoms with E-state index in [1.807, 2.05) is 42.5 Å². The SMILES string of the molecule is [2H]c1c([2H])c([2H])c2c(-c3c4c([2H])c([2H])c([2H])c([2H])c4c(-c4ccc(-c5ccc6ccccc6c5)cc4)c4c([2H])c([2H])c([2H])c([2H])c34)c([2H])c([2H])c([2H])c2c1[2H]. The molecule has 8 aromatic rings. The molecule has 40 heavy (non-hydrogen) atoms. The average molecular weight is 522 g/mol. The van der Waals surface area contributed by atoms with Gasteiger partial charge in [0.25, 0.3) is 0 Å². The first-order valence-electron chi connectivity index (χ1n) is 20.1. The van der Waals surface area contributed by atoms with Crippen LogP contribution in [0.1, 0.15) is 20.6 Å². The van der Waals surface area contributed by atoms with E-state index in [0.717, 1.165) is 21.9 Å². The number of benzene rings is 8. The third-order valence-corrected chi connectivity index (χ3v) is 7.19. The second-order valence-corrected chi connectivity index (χ2v) is 9.39. The standard InChI is InChI=1S/C40H26/c1-2-12-31-26-32(25-22-27(31)10-1)28-20-23-30(24-21-28)39-35-15-5-7-17-37(35)40(38-18-8-6-16-36(38)39)34-19-9-13-29-11-3-4-14-33(29)34/h1-26H/i3D,4D,5D,6D,7D,8D,9D,11D,13D,14D,15D,16D,17D,18D,19D. The van der Waals surface area contributed by atoms with Crippen LogP contribution in [0.25, 0.3) is 76.5 Å². The second kappa shape index (κ2) is 9.22. The van der Waals surface area contributed by atoms with Crippen LogP contribution in [-0.2, 0) is 0 Å². The summed E-state index contributed by atoms with van der Waals surface area (Å²) >= 11 is 0. The molecule has 8 rings (SSSR count). The summed E-state index contributed by atoms with van der Waals surface area (Å²) in [7, 11) is 0. The summed E-state index contributed by atoms with van der Waals surface area (Å²) in [6.07, 6.45) is 0. The molecule has 0 spiro atoms. The molecule has 0 atom stereocenters. The minimum absolute atomic E-state index is 0.0544. The Kier molecular flexibility index (Phi) is 2.84. The zero-order valence-electron chi connectivity index (χ0n) is 35.9. The highest BCUT2D eigenvalue weighted by molar-refractivity contribution is 6.23. The summed E-state index contributed by atoms with van der Waals surface area (Å²) in [6.45, 7) is 0. The van der Waals surface area contributed by atoms with Gasteiger partial charge in [-0.2, -0.15) is 0 Å². The fourth-order valence-electron chi connectivity index (χ4n) is 5.36. The molecule has 0 unspecified atom stereocenters. The summed E-state index contributed by atoms with van der Waals surface area (Å²) in [5.74, 6) is 0. The van der Waals surface area contributed by atoms with Gasteiger partial charge in [-0.05, 0) is 82.5 Å². The van der Waals surface area contributed by atoms with Crippen molar-refractivity contribution < 1.29 is 20.6 Å². The molecule has 0 saturated heterocycles. The predicted octanol–water partition coefficient (Wildman–Crippen LogP) is 11.3. The first-order chi connectivity index (χ1) is 26.1. The molecule has 186 valence electrons. The maximum absolute atomic E-state index is 9.25. The molecule has 0 nitrogen and oxygen atoms in total. The van der Waals surface area contributed by atoms with E-state index in [4.69, 9.17) is 15.1 Å². The third-order valence-electron chi connectivity index (χ3n) is 7.19. The van der Waals surface area contributed by atoms with Gasteiger partial charge in [0.05, 0.1) is 20.6 Å². The molecule has 0 aliphatic rings. The van der Waals surface area contributed by atoms with Crippen LogP contribution in [0.5, 0.6) is 0 Å². The van der Waals surface area contributed by atoms with Gasteiger partial charge >= 0.3 is 0 Å². The van der Waals surface area contributed by atoms with Gasteiger partial charge in [0.15, 0.2) is 0 Å². The van der Waals surface area contributed by atoms with Gasteiger partial charge in [-0.1, -0.05) is 151 Å². The van der Waals surface area contributed by atoms with Crippen LogP contribution < -0.4 is 0 Å². The van der Waals surface area contributed by atoms with Crippen LogP contribution in [0.3, 0.4) is 0 Å². The number of hydrogen-bond donors (Lipinski definition) is 0. The van der Waals surface area contributed by atoms with Crippen LogP contribution in [-0.4, -0.2) is 0 Å². The molecule has 0 aliphatic carbocycles. The van der Waals surface area contributed by atoms with Gasteiger partial charge in [0, 0.05) is 0 Å². The van der Waals surface area contributed by atoms with Crippen LogP contribution >= 0.6 is 0 Å². The molecule has 0 amide bonds. The van der Waals surface area contributed by atoms with Crippen molar-refractivity contribution in [1.29, 1.82) is 0 Å². The molecule has 0 bridgehead atoms. The van der Waals surface area contributed by atoms with E-state index in [1.165, 1.54) is 0 Å². The first kappa shape index (κ1) is 12.3. The lowest BCUT2D eigenvalue weighted by Gasteiger charge is -2.19. The predicted molar refractivity (Wildman–Crippen MR) is 173 cm³/mol. The van der Waals surface area contributed by atoms with Crippen molar-refractivity contribution in [3.05, 3.63) is 157 Å². The van der Waals surface area contributed by atoms with E-state index in [0.29, 0.717) is 5.56 Å². The molecule has 8 aromatic carbocycles. The summed E-state index contributed by atoms with van der Waals surface area (Å²) in [4.78, 5) is 0. The molecule has 0 heteroatoms. The van der Waals surface area contributed by atoms with Crippen molar-refractivity contribution in [2.75, 3.05) is 0 Å². The number of fused-ring (bicyclic) bond motifs is 4. The quantitative estimate of drug-likeness (QED) is 0.203. The molecular weight excluding hydrogens is 480 g/mol. The van der Waals surface area contributed by atoms with Crippen molar-refractivity contribution >= 4 is 43.1 Å². The lowest BCUT2D eigenvalue weighted by Crippen LogP contribution is -1.91. The molecule has 0 fully saturated rings. The van der Waals surface area contributed by atoms with Crippen molar-refractivity contribution in [1.82, 2.24) is 0 Å². The Morgan fingerprint density at radius 3 is 1.57 bits per heavy atom. The second-order valence-electron chi connectivity index (χ2n) is 9.39. The van der Waals surface area contributed by atoms with Crippen molar-refractivity contribution in [2.45, 2.75) is 0 Å². The number of hydrogen-bond acceptors (Lipinski definition) is 0. The topological polar surface area (TPSA) is 0 Å². The van der Waals surface area contributed by atoms with E-state index >= 15 is 0 Å². The highest BCUT2D eigenvalue weighted by Crippen LogP contribution is 2.45. The summed E-state index contributed by atoms with van der Waals surface area (Å²) in [5.41, 5.74) is 1.34. The van der Waals surface area contributed by atoms with E-state index in [2.05, 4.69) is 0 Å². The molecule has 0 aliphatic heterocycles. The van der Waals surface area contributed by atoms with Gasteiger partial charge in [0.1, 0.15) is 0 Å². The van der Waals surface area contributed by atoms with Gasteiger partial charge < -0.3 is 0 Å². The highest BCUT2D eigenvalue weighted by Gasteiger charge is 2.17. The molecule has 0 radical (unpaired) electrons. The normalized spacial score (nSPS) is 16.8. The van der Waals surface area contributed by atoms with E-state index in [9.17, 15) is 5.48 Å².